The third-order valence-corrected chi connectivity index (χ3v) is 1.44. The Morgan fingerprint density at radius 3 is 2.00 bits per heavy atom. The highest BCUT2D eigenvalue weighted by molar-refractivity contribution is 5.85. The molecule has 1 nitrogen and oxygen atoms in total. The van der Waals surface area contributed by atoms with Gasteiger partial charge in [-0.2, -0.15) is 0 Å². The Bertz CT molecular complexity index is 207. The summed E-state index contributed by atoms with van der Waals surface area (Å²) < 4.78 is 0. The fourth-order valence-electron chi connectivity index (χ4n) is 0.857. The number of hydrogen-bond acceptors (Lipinski definition) is 1. The van der Waals surface area contributed by atoms with Crippen molar-refractivity contribution in [3.63, 3.8) is 0 Å². The summed E-state index contributed by atoms with van der Waals surface area (Å²) in [6.45, 7) is 7.69. The van der Waals surface area contributed by atoms with E-state index in [-0.39, 0.29) is 0 Å². The van der Waals surface area contributed by atoms with Crippen molar-refractivity contribution < 1.29 is 0 Å². The fourth-order valence-corrected chi connectivity index (χ4v) is 0.857. The van der Waals surface area contributed by atoms with Gasteiger partial charge in [0.15, 0.2) is 0 Å². The van der Waals surface area contributed by atoms with Crippen molar-refractivity contribution in [2.75, 3.05) is 7.05 Å². The normalized spacial score (nSPS) is 14.1. The van der Waals surface area contributed by atoms with Crippen LogP contribution in [0.5, 0.6) is 0 Å². The first kappa shape index (κ1) is 9.89. The summed E-state index contributed by atoms with van der Waals surface area (Å²) in [5, 5.41) is 0. The van der Waals surface area contributed by atoms with Crippen LogP contribution in [0.3, 0.4) is 0 Å². The molecule has 0 aliphatic carbocycles. The lowest BCUT2D eigenvalue weighted by molar-refractivity contribution is 1.44. The van der Waals surface area contributed by atoms with Crippen molar-refractivity contribution in [3.05, 3.63) is 36.0 Å². The van der Waals surface area contributed by atoms with Gasteiger partial charge in [0.25, 0.3) is 0 Å². The molecule has 0 N–H and O–H groups in total. The van der Waals surface area contributed by atoms with Gasteiger partial charge in [0.2, 0.25) is 0 Å². The van der Waals surface area contributed by atoms with Gasteiger partial charge in [-0.3, -0.25) is 4.99 Å². The van der Waals surface area contributed by atoms with Gasteiger partial charge in [-0.15, -0.1) is 0 Å². The number of aliphatic imine (C=N–C) groups is 1. The molecule has 0 aliphatic heterocycles. The summed E-state index contributed by atoms with van der Waals surface area (Å²) in [5.41, 5.74) is 2.24. The number of nitrogens with zero attached hydrogens (tertiary/aromatic N) is 1. The van der Waals surface area contributed by atoms with Crippen LogP contribution in [0.25, 0.3) is 0 Å². The third kappa shape index (κ3) is 2.99. The van der Waals surface area contributed by atoms with Crippen molar-refractivity contribution >= 4 is 6.21 Å². The quantitative estimate of drug-likeness (QED) is 0.432. The van der Waals surface area contributed by atoms with Gasteiger partial charge < -0.3 is 0 Å². The van der Waals surface area contributed by atoms with Crippen LogP contribution in [0.1, 0.15) is 13.8 Å². The minimum absolute atomic E-state index is 1.12. The zero-order valence-electron chi connectivity index (χ0n) is 7.46. The molecular weight excluding hydrogens is 134 g/mol. The smallest absolute Gasteiger partial charge is 0.0283 e. The van der Waals surface area contributed by atoms with E-state index in [4.69, 9.17) is 0 Å². The molecule has 60 valence electrons. The second kappa shape index (κ2) is 5.66. The van der Waals surface area contributed by atoms with Crippen molar-refractivity contribution in [2.45, 2.75) is 13.8 Å². The first-order valence-corrected chi connectivity index (χ1v) is 3.67. The average Bonchev–Trinajstić information content (AvgIpc) is 2.05. The Hall–Kier alpha value is -1.11. The highest BCUT2D eigenvalue weighted by Crippen LogP contribution is 2.07. The van der Waals surface area contributed by atoms with Gasteiger partial charge in [0.1, 0.15) is 0 Å². The van der Waals surface area contributed by atoms with Crippen molar-refractivity contribution in [2.24, 2.45) is 4.99 Å². The van der Waals surface area contributed by atoms with Crippen LogP contribution in [-0.2, 0) is 0 Å². The van der Waals surface area contributed by atoms with E-state index in [0.29, 0.717) is 0 Å². The Labute approximate surface area is 68.9 Å². The lowest BCUT2D eigenvalue weighted by Gasteiger charge is -1.99. The van der Waals surface area contributed by atoms with Crippen LogP contribution < -0.4 is 0 Å². The molecule has 0 fully saturated rings. The summed E-state index contributed by atoms with van der Waals surface area (Å²) in [6, 6.07) is 0. The zero-order chi connectivity index (χ0) is 8.69. The van der Waals surface area contributed by atoms with Crippen LogP contribution in [0.15, 0.2) is 40.9 Å². The standard InChI is InChI=1S/C10H15N/c1-5-9(6-2)10(7-3)8-11-4/h5-8H,1H2,2-4H3/b9-6+,10-7+,11-8?. The molecule has 0 amide bonds. The van der Waals surface area contributed by atoms with Gasteiger partial charge >= 0.3 is 0 Å². The molecule has 0 heterocycles. The van der Waals surface area contributed by atoms with Gasteiger partial charge in [0, 0.05) is 13.3 Å². The third-order valence-electron chi connectivity index (χ3n) is 1.44. The fraction of sp³-hybridized carbons (Fsp3) is 0.300. The number of rotatable bonds is 3. The van der Waals surface area contributed by atoms with Gasteiger partial charge in [-0.1, -0.05) is 24.8 Å². The monoisotopic (exact) mass is 149 g/mol. The van der Waals surface area contributed by atoms with Gasteiger partial charge in [-0.05, 0) is 25.0 Å². The maximum absolute atomic E-state index is 3.94. The summed E-state index contributed by atoms with van der Waals surface area (Å²) in [5.74, 6) is 0. The average molecular weight is 149 g/mol. The van der Waals surface area contributed by atoms with E-state index in [2.05, 4.69) is 11.6 Å². The van der Waals surface area contributed by atoms with Crippen LogP contribution in [0.4, 0.5) is 0 Å². The maximum atomic E-state index is 3.94. The molecule has 0 radical (unpaired) electrons. The molecule has 0 aromatic rings. The minimum Gasteiger partial charge on any atom is -0.296 e. The zero-order valence-corrected chi connectivity index (χ0v) is 7.46. The summed E-state index contributed by atoms with van der Waals surface area (Å²) in [6.07, 6.45) is 7.70. The van der Waals surface area contributed by atoms with Crippen molar-refractivity contribution in [1.29, 1.82) is 0 Å². The van der Waals surface area contributed by atoms with Gasteiger partial charge in [-0.25, -0.2) is 0 Å². The van der Waals surface area contributed by atoms with Crippen LogP contribution in [0.2, 0.25) is 0 Å². The molecule has 0 saturated carbocycles. The number of allylic oxidation sites excluding steroid dienone is 5. The molecule has 0 atom stereocenters. The maximum Gasteiger partial charge on any atom is 0.0283 e. The second-order valence-corrected chi connectivity index (χ2v) is 2.08. The van der Waals surface area contributed by atoms with E-state index in [9.17, 15) is 0 Å². The Morgan fingerprint density at radius 2 is 1.73 bits per heavy atom. The van der Waals surface area contributed by atoms with E-state index >= 15 is 0 Å². The Balaban J connectivity index is 4.64. The lowest BCUT2D eigenvalue weighted by atomic mass is 10.1. The van der Waals surface area contributed by atoms with E-state index < -0.39 is 0 Å². The SMILES string of the molecule is C=CC(=C\C)/C(C=NC)=C/C. The van der Waals surface area contributed by atoms with E-state index in [1.807, 2.05) is 38.3 Å². The molecule has 0 aromatic heterocycles. The molecule has 0 rings (SSSR count). The second-order valence-electron chi connectivity index (χ2n) is 2.08. The minimum atomic E-state index is 1.12. The summed E-state index contributed by atoms with van der Waals surface area (Å²) >= 11 is 0. The van der Waals surface area contributed by atoms with Crippen LogP contribution >= 0.6 is 0 Å². The first-order chi connectivity index (χ1) is 5.29. The summed E-state index contributed by atoms with van der Waals surface area (Å²) in [7, 11) is 1.76. The topological polar surface area (TPSA) is 12.4 Å². The van der Waals surface area contributed by atoms with Crippen molar-refractivity contribution in [3.8, 4) is 0 Å². The van der Waals surface area contributed by atoms with E-state index in [1.165, 1.54) is 0 Å². The van der Waals surface area contributed by atoms with Crippen molar-refractivity contribution in [1.82, 2.24) is 0 Å². The van der Waals surface area contributed by atoms with E-state index in [0.717, 1.165) is 11.1 Å². The van der Waals surface area contributed by atoms with E-state index in [1.54, 1.807) is 7.05 Å². The molecule has 0 unspecified atom stereocenters. The van der Waals surface area contributed by atoms with Crippen LogP contribution in [0, 0.1) is 0 Å². The molecule has 1 heteroatoms. The highest BCUT2D eigenvalue weighted by atomic mass is 14.6. The predicted molar refractivity (Wildman–Crippen MR) is 52.1 cm³/mol. The molecule has 0 aromatic carbocycles. The Morgan fingerprint density at radius 1 is 1.18 bits per heavy atom. The molecular formula is C10H15N. The highest BCUT2D eigenvalue weighted by Gasteiger charge is 1.93. The first-order valence-electron chi connectivity index (χ1n) is 3.67. The number of hydrogen-bond donors (Lipinski definition) is 0. The summed E-state index contributed by atoms with van der Waals surface area (Å²) in [4.78, 5) is 3.94. The predicted octanol–water partition coefficient (Wildman–Crippen LogP) is 2.77. The lowest BCUT2D eigenvalue weighted by Crippen LogP contribution is -1.86. The van der Waals surface area contributed by atoms with Crippen LogP contribution in [-0.4, -0.2) is 13.3 Å². The largest absolute Gasteiger partial charge is 0.296 e. The Kier molecular flexibility index (Phi) is 5.09. The molecule has 0 saturated heterocycles. The molecule has 0 aliphatic rings. The van der Waals surface area contributed by atoms with Gasteiger partial charge in [0.05, 0.1) is 0 Å². The molecule has 0 bridgehead atoms. The molecule has 0 spiro atoms. The molecule has 11 heavy (non-hydrogen) atoms.